The van der Waals surface area contributed by atoms with E-state index in [0.29, 0.717) is 6.54 Å². The maximum absolute atomic E-state index is 11.2. The van der Waals surface area contributed by atoms with Crippen LogP contribution in [-0.4, -0.2) is 28.6 Å². The molecule has 1 atom stereocenters. The summed E-state index contributed by atoms with van der Waals surface area (Å²) >= 11 is 7.90. The molecule has 1 saturated heterocycles. The summed E-state index contributed by atoms with van der Waals surface area (Å²) in [5.74, 6) is -0.713. The second-order valence-electron chi connectivity index (χ2n) is 5.21. The van der Waals surface area contributed by atoms with E-state index in [2.05, 4.69) is 12.1 Å². The van der Waals surface area contributed by atoms with E-state index >= 15 is 0 Å². The Morgan fingerprint density at radius 3 is 2.90 bits per heavy atom. The van der Waals surface area contributed by atoms with Crippen molar-refractivity contribution in [2.45, 2.75) is 25.4 Å². The monoisotopic (exact) mass is 321 g/mol. The molecule has 3 rings (SSSR count). The molecule has 21 heavy (non-hydrogen) atoms. The highest BCUT2D eigenvalue weighted by atomic mass is 35.5. The molecule has 1 aliphatic heterocycles. The largest absolute Gasteiger partial charge is 0.480 e. The lowest BCUT2D eigenvalue weighted by atomic mass is 10.2. The van der Waals surface area contributed by atoms with Crippen LogP contribution in [0, 0.1) is 0 Å². The van der Waals surface area contributed by atoms with Gasteiger partial charge in [-0.3, -0.25) is 9.69 Å². The van der Waals surface area contributed by atoms with Crippen molar-refractivity contribution >= 4 is 28.9 Å². The topological polar surface area (TPSA) is 40.5 Å². The standard InChI is InChI=1S/C16H16ClNO2S/c17-13-5-2-1-4-12(13)15-8-7-11(21-15)10-18-9-3-6-14(18)16(19)20/h1-2,4-5,7-8,14H,3,6,9-10H2,(H,19,20)/t14-/m0/s1. The highest BCUT2D eigenvalue weighted by molar-refractivity contribution is 7.15. The van der Waals surface area contributed by atoms with Crippen molar-refractivity contribution < 1.29 is 9.90 Å². The Morgan fingerprint density at radius 1 is 1.33 bits per heavy atom. The van der Waals surface area contributed by atoms with E-state index in [1.165, 1.54) is 4.88 Å². The van der Waals surface area contributed by atoms with Crippen LogP contribution in [0.5, 0.6) is 0 Å². The third kappa shape index (κ3) is 3.12. The minimum atomic E-state index is -0.713. The van der Waals surface area contributed by atoms with Crippen LogP contribution in [-0.2, 0) is 11.3 Å². The molecule has 1 aromatic heterocycles. The minimum absolute atomic E-state index is 0.337. The number of halogens is 1. The number of aliphatic carboxylic acids is 1. The fraction of sp³-hybridized carbons (Fsp3) is 0.312. The Bertz CT molecular complexity index is 655. The molecule has 1 fully saturated rings. The van der Waals surface area contributed by atoms with Crippen molar-refractivity contribution in [3.8, 4) is 10.4 Å². The van der Waals surface area contributed by atoms with Gasteiger partial charge in [-0.15, -0.1) is 11.3 Å². The van der Waals surface area contributed by atoms with E-state index in [1.807, 2.05) is 29.2 Å². The van der Waals surface area contributed by atoms with Crippen molar-refractivity contribution in [2.75, 3.05) is 6.54 Å². The number of nitrogens with zero attached hydrogens (tertiary/aromatic N) is 1. The van der Waals surface area contributed by atoms with E-state index in [9.17, 15) is 9.90 Å². The molecule has 110 valence electrons. The van der Waals surface area contributed by atoms with E-state index in [-0.39, 0.29) is 6.04 Å². The van der Waals surface area contributed by atoms with Crippen LogP contribution in [0.2, 0.25) is 5.02 Å². The van der Waals surface area contributed by atoms with Gasteiger partial charge in [0.1, 0.15) is 6.04 Å². The first kappa shape index (κ1) is 14.6. The molecule has 1 aromatic carbocycles. The van der Waals surface area contributed by atoms with Gasteiger partial charge in [0.2, 0.25) is 0 Å². The summed E-state index contributed by atoms with van der Waals surface area (Å²) in [5, 5.41) is 9.97. The van der Waals surface area contributed by atoms with E-state index in [1.54, 1.807) is 11.3 Å². The van der Waals surface area contributed by atoms with Crippen molar-refractivity contribution in [3.05, 3.63) is 46.3 Å². The summed E-state index contributed by atoms with van der Waals surface area (Å²) < 4.78 is 0. The Kier molecular flexibility index (Phi) is 4.29. The first-order chi connectivity index (χ1) is 10.1. The molecule has 1 aliphatic rings. The molecule has 0 saturated carbocycles. The minimum Gasteiger partial charge on any atom is -0.480 e. The molecule has 0 spiro atoms. The maximum Gasteiger partial charge on any atom is 0.320 e. The molecule has 0 unspecified atom stereocenters. The normalized spacial score (nSPS) is 19.0. The number of hydrogen-bond donors (Lipinski definition) is 1. The number of benzene rings is 1. The van der Waals surface area contributed by atoms with Crippen molar-refractivity contribution in [1.82, 2.24) is 4.90 Å². The summed E-state index contributed by atoms with van der Waals surface area (Å²) in [7, 11) is 0. The molecule has 0 amide bonds. The second-order valence-corrected chi connectivity index (χ2v) is 6.79. The fourth-order valence-electron chi connectivity index (χ4n) is 2.76. The number of hydrogen-bond acceptors (Lipinski definition) is 3. The lowest BCUT2D eigenvalue weighted by Crippen LogP contribution is -2.35. The number of rotatable bonds is 4. The quantitative estimate of drug-likeness (QED) is 0.921. The Hall–Kier alpha value is -1.36. The van der Waals surface area contributed by atoms with Crippen LogP contribution in [0.4, 0.5) is 0 Å². The molecule has 3 nitrogen and oxygen atoms in total. The lowest BCUT2D eigenvalue weighted by Gasteiger charge is -2.19. The zero-order valence-electron chi connectivity index (χ0n) is 11.5. The van der Waals surface area contributed by atoms with Gasteiger partial charge in [0.05, 0.1) is 0 Å². The van der Waals surface area contributed by atoms with Gasteiger partial charge in [-0.05, 0) is 37.6 Å². The van der Waals surface area contributed by atoms with Gasteiger partial charge < -0.3 is 5.11 Å². The average Bonchev–Trinajstić information content (AvgIpc) is 3.09. The van der Waals surface area contributed by atoms with Gasteiger partial charge in [-0.2, -0.15) is 0 Å². The number of carboxylic acids is 1. The predicted octanol–water partition coefficient (Wildman–Crippen LogP) is 4.12. The van der Waals surface area contributed by atoms with Gasteiger partial charge in [-0.1, -0.05) is 29.8 Å². The van der Waals surface area contributed by atoms with E-state index in [4.69, 9.17) is 11.6 Å². The number of carboxylic acid groups (broad SMARTS) is 1. The van der Waals surface area contributed by atoms with Crippen LogP contribution >= 0.6 is 22.9 Å². The first-order valence-electron chi connectivity index (χ1n) is 6.95. The Morgan fingerprint density at radius 2 is 2.14 bits per heavy atom. The van der Waals surface area contributed by atoms with Crippen LogP contribution in [0.25, 0.3) is 10.4 Å². The van der Waals surface area contributed by atoms with Gasteiger partial charge in [0.15, 0.2) is 0 Å². The van der Waals surface area contributed by atoms with Gasteiger partial charge in [0.25, 0.3) is 0 Å². The fourth-order valence-corrected chi connectivity index (χ4v) is 4.13. The number of thiophene rings is 1. The van der Waals surface area contributed by atoms with E-state index < -0.39 is 5.97 Å². The smallest absolute Gasteiger partial charge is 0.320 e. The van der Waals surface area contributed by atoms with Crippen LogP contribution in [0.15, 0.2) is 36.4 Å². The number of carbonyl (C=O) groups is 1. The highest BCUT2D eigenvalue weighted by Gasteiger charge is 2.30. The molecule has 0 radical (unpaired) electrons. The molecule has 1 N–H and O–H groups in total. The molecule has 5 heteroatoms. The molecule has 0 bridgehead atoms. The number of likely N-dealkylation sites (tertiary alicyclic amines) is 1. The van der Waals surface area contributed by atoms with Gasteiger partial charge >= 0.3 is 5.97 Å². The SMILES string of the molecule is O=C(O)[C@@H]1CCCN1Cc1ccc(-c2ccccc2Cl)s1. The third-order valence-electron chi connectivity index (χ3n) is 3.81. The molecular formula is C16H16ClNO2S. The maximum atomic E-state index is 11.2. The third-order valence-corrected chi connectivity index (χ3v) is 5.24. The lowest BCUT2D eigenvalue weighted by molar-refractivity contribution is -0.142. The molecular weight excluding hydrogens is 306 g/mol. The van der Waals surface area contributed by atoms with Crippen LogP contribution in [0.1, 0.15) is 17.7 Å². The predicted molar refractivity (Wildman–Crippen MR) is 85.8 cm³/mol. The van der Waals surface area contributed by atoms with Crippen molar-refractivity contribution in [3.63, 3.8) is 0 Å². The molecule has 2 heterocycles. The van der Waals surface area contributed by atoms with Gasteiger partial charge in [0, 0.05) is 26.9 Å². The Labute approximate surface area is 132 Å². The summed E-state index contributed by atoms with van der Waals surface area (Å²) in [6, 6.07) is 11.6. The van der Waals surface area contributed by atoms with Crippen LogP contribution in [0.3, 0.4) is 0 Å². The molecule has 2 aromatic rings. The van der Waals surface area contributed by atoms with Gasteiger partial charge in [-0.25, -0.2) is 0 Å². The average molecular weight is 322 g/mol. The Balaban J connectivity index is 1.77. The first-order valence-corrected chi connectivity index (χ1v) is 8.15. The summed E-state index contributed by atoms with van der Waals surface area (Å²) in [6.45, 7) is 1.56. The molecule has 0 aliphatic carbocycles. The summed E-state index contributed by atoms with van der Waals surface area (Å²) in [4.78, 5) is 15.6. The summed E-state index contributed by atoms with van der Waals surface area (Å²) in [6.07, 6.45) is 1.71. The second kappa shape index (κ2) is 6.18. The van der Waals surface area contributed by atoms with Crippen LogP contribution < -0.4 is 0 Å². The van der Waals surface area contributed by atoms with E-state index in [0.717, 1.165) is 34.8 Å². The van der Waals surface area contributed by atoms with Crippen molar-refractivity contribution in [1.29, 1.82) is 0 Å². The highest BCUT2D eigenvalue weighted by Crippen LogP contribution is 2.34. The van der Waals surface area contributed by atoms with Crippen molar-refractivity contribution in [2.24, 2.45) is 0 Å². The zero-order valence-corrected chi connectivity index (χ0v) is 13.0. The summed E-state index contributed by atoms with van der Waals surface area (Å²) in [5.41, 5.74) is 1.03. The zero-order chi connectivity index (χ0) is 14.8.